The van der Waals surface area contributed by atoms with Crippen molar-refractivity contribution in [2.45, 2.75) is 43.8 Å². The highest BCUT2D eigenvalue weighted by atomic mass is 19.1. The average molecular weight is 448 g/mol. The van der Waals surface area contributed by atoms with Gasteiger partial charge in [0.25, 0.3) is 0 Å². The molecule has 8 heteroatoms. The third-order valence-electron chi connectivity index (χ3n) is 6.75. The molecule has 0 spiro atoms. The van der Waals surface area contributed by atoms with E-state index in [1.54, 1.807) is 13.3 Å². The Labute approximate surface area is 190 Å². The van der Waals surface area contributed by atoms with Crippen LogP contribution in [-0.4, -0.2) is 39.9 Å². The first-order chi connectivity index (χ1) is 16.1. The van der Waals surface area contributed by atoms with E-state index in [2.05, 4.69) is 19.6 Å². The van der Waals surface area contributed by atoms with E-state index in [-0.39, 0.29) is 5.82 Å². The Hall–Kier alpha value is -3.10. The molecular formula is C25H25FN4O3. The number of hydrogen-bond donors (Lipinski definition) is 0. The molecule has 0 amide bonds. The Balaban J connectivity index is 1.27. The third-order valence-corrected chi connectivity index (χ3v) is 6.75. The lowest BCUT2D eigenvalue weighted by Crippen LogP contribution is -2.35. The molecule has 2 aromatic carbocycles. The molecule has 2 aromatic heterocycles. The van der Waals surface area contributed by atoms with Crippen LogP contribution in [0.1, 0.15) is 48.6 Å². The number of hydrogen-bond acceptors (Lipinski definition) is 6. The van der Waals surface area contributed by atoms with Gasteiger partial charge in [-0.2, -0.15) is 0 Å². The normalized spacial score (nSPS) is 18.1. The molecule has 0 radical (unpaired) electrons. The van der Waals surface area contributed by atoms with Gasteiger partial charge in [0, 0.05) is 45.1 Å². The molecule has 6 rings (SSSR count). The SMILES string of the molecule is COC1(c2cc(F)cc(OCc3ccc4c(c3)ncc3nnc(C5CC5)n34)c2)CCOCC1. The van der Waals surface area contributed by atoms with Crippen LogP contribution in [0.15, 0.2) is 42.6 Å². The molecule has 1 saturated carbocycles. The van der Waals surface area contributed by atoms with E-state index >= 15 is 0 Å². The molecule has 0 atom stereocenters. The maximum atomic E-state index is 14.5. The van der Waals surface area contributed by atoms with Gasteiger partial charge in [0.15, 0.2) is 5.65 Å². The first kappa shape index (κ1) is 20.5. The number of halogens is 1. The van der Waals surface area contributed by atoms with E-state index in [1.807, 2.05) is 24.3 Å². The van der Waals surface area contributed by atoms with Crippen LogP contribution in [-0.2, 0) is 21.7 Å². The molecule has 1 saturated heterocycles. The first-order valence-corrected chi connectivity index (χ1v) is 11.3. The van der Waals surface area contributed by atoms with E-state index in [9.17, 15) is 4.39 Å². The van der Waals surface area contributed by atoms with E-state index in [0.29, 0.717) is 44.3 Å². The predicted molar refractivity (Wildman–Crippen MR) is 120 cm³/mol. The standard InChI is InChI=1S/C25H25FN4O3/c1-31-25(6-8-32-9-7-25)18-11-19(26)13-20(12-18)33-15-16-2-5-22-21(10-16)27-14-23-28-29-24(30(22)23)17-3-4-17/h2,5,10-14,17H,3-4,6-9,15H2,1H3. The predicted octanol–water partition coefficient (Wildman–Crippen LogP) is 4.53. The molecule has 1 aliphatic heterocycles. The van der Waals surface area contributed by atoms with Gasteiger partial charge in [-0.25, -0.2) is 4.39 Å². The fourth-order valence-corrected chi connectivity index (χ4v) is 4.71. The van der Waals surface area contributed by atoms with Crippen LogP contribution in [0.3, 0.4) is 0 Å². The van der Waals surface area contributed by atoms with Crippen molar-refractivity contribution in [1.82, 2.24) is 19.6 Å². The van der Waals surface area contributed by atoms with E-state index in [1.165, 1.54) is 12.1 Å². The van der Waals surface area contributed by atoms with Crippen LogP contribution < -0.4 is 4.74 Å². The Kier molecular flexibility index (Phi) is 4.99. The van der Waals surface area contributed by atoms with Gasteiger partial charge in [-0.1, -0.05) is 6.07 Å². The highest BCUT2D eigenvalue weighted by Crippen LogP contribution is 2.40. The zero-order chi connectivity index (χ0) is 22.4. The summed E-state index contributed by atoms with van der Waals surface area (Å²) in [6.45, 7) is 1.49. The van der Waals surface area contributed by atoms with Gasteiger partial charge in [0.1, 0.15) is 24.0 Å². The Morgan fingerprint density at radius 2 is 1.97 bits per heavy atom. The second-order valence-electron chi connectivity index (χ2n) is 8.88. The van der Waals surface area contributed by atoms with Gasteiger partial charge < -0.3 is 14.2 Å². The van der Waals surface area contributed by atoms with Gasteiger partial charge in [-0.15, -0.1) is 10.2 Å². The number of aromatic nitrogens is 4. The van der Waals surface area contributed by atoms with Gasteiger partial charge in [0.05, 0.1) is 22.8 Å². The fraction of sp³-hybridized carbons (Fsp3) is 0.400. The summed E-state index contributed by atoms with van der Waals surface area (Å²) < 4.78 is 33.9. The number of methoxy groups -OCH3 is 1. The second kappa shape index (κ2) is 8.04. The van der Waals surface area contributed by atoms with Crippen LogP contribution in [0.5, 0.6) is 5.75 Å². The molecule has 0 bridgehead atoms. The van der Waals surface area contributed by atoms with Crippen molar-refractivity contribution < 1.29 is 18.6 Å². The highest BCUT2D eigenvalue weighted by Gasteiger charge is 2.35. The van der Waals surface area contributed by atoms with Gasteiger partial charge in [0.2, 0.25) is 0 Å². The molecule has 2 fully saturated rings. The van der Waals surface area contributed by atoms with E-state index in [4.69, 9.17) is 14.2 Å². The van der Waals surface area contributed by atoms with Crippen molar-refractivity contribution >= 4 is 16.7 Å². The lowest BCUT2D eigenvalue weighted by Gasteiger charge is -2.36. The molecule has 7 nitrogen and oxygen atoms in total. The summed E-state index contributed by atoms with van der Waals surface area (Å²) in [6, 6.07) is 10.9. The smallest absolute Gasteiger partial charge is 0.179 e. The van der Waals surface area contributed by atoms with Crippen molar-refractivity contribution in [1.29, 1.82) is 0 Å². The zero-order valence-electron chi connectivity index (χ0n) is 18.5. The third kappa shape index (κ3) is 3.73. The lowest BCUT2D eigenvalue weighted by molar-refractivity contribution is -0.0950. The van der Waals surface area contributed by atoms with Crippen LogP contribution in [0.4, 0.5) is 4.39 Å². The minimum Gasteiger partial charge on any atom is -0.489 e. The molecular weight excluding hydrogens is 423 g/mol. The summed E-state index contributed by atoms with van der Waals surface area (Å²) in [7, 11) is 1.67. The van der Waals surface area contributed by atoms with Crippen molar-refractivity contribution in [3.05, 3.63) is 65.4 Å². The summed E-state index contributed by atoms with van der Waals surface area (Å²) >= 11 is 0. The minimum absolute atomic E-state index is 0.305. The lowest BCUT2D eigenvalue weighted by atomic mass is 9.86. The Morgan fingerprint density at radius 1 is 1.12 bits per heavy atom. The minimum atomic E-state index is -0.547. The highest BCUT2D eigenvalue weighted by molar-refractivity contribution is 5.78. The van der Waals surface area contributed by atoms with Crippen LogP contribution >= 0.6 is 0 Å². The molecule has 170 valence electrons. The van der Waals surface area contributed by atoms with Crippen LogP contribution in [0, 0.1) is 5.82 Å². The summed E-state index contributed by atoms with van der Waals surface area (Å²) in [5, 5.41) is 8.64. The Bertz CT molecular complexity index is 1330. The van der Waals surface area contributed by atoms with E-state index in [0.717, 1.165) is 46.5 Å². The summed E-state index contributed by atoms with van der Waals surface area (Å²) in [5.41, 5.74) is 3.79. The fourth-order valence-electron chi connectivity index (χ4n) is 4.71. The summed E-state index contributed by atoms with van der Waals surface area (Å²) in [5.74, 6) is 1.63. The van der Waals surface area contributed by atoms with Crippen LogP contribution in [0.25, 0.3) is 16.7 Å². The molecule has 3 heterocycles. The molecule has 1 aliphatic carbocycles. The topological polar surface area (TPSA) is 70.8 Å². The number of benzene rings is 2. The number of rotatable bonds is 6. The molecule has 4 aromatic rings. The number of fused-ring (bicyclic) bond motifs is 3. The monoisotopic (exact) mass is 448 g/mol. The van der Waals surface area contributed by atoms with Crippen molar-refractivity contribution in [3.8, 4) is 5.75 Å². The van der Waals surface area contributed by atoms with Crippen molar-refractivity contribution in [3.63, 3.8) is 0 Å². The zero-order valence-corrected chi connectivity index (χ0v) is 18.5. The average Bonchev–Trinajstić information content (AvgIpc) is 3.60. The van der Waals surface area contributed by atoms with Crippen molar-refractivity contribution in [2.24, 2.45) is 0 Å². The quantitative estimate of drug-likeness (QED) is 0.432. The summed E-state index contributed by atoms with van der Waals surface area (Å²) in [4.78, 5) is 4.56. The maximum Gasteiger partial charge on any atom is 0.179 e. The molecule has 0 unspecified atom stereocenters. The largest absolute Gasteiger partial charge is 0.489 e. The molecule has 0 N–H and O–H groups in total. The Morgan fingerprint density at radius 3 is 2.76 bits per heavy atom. The number of nitrogens with zero attached hydrogens (tertiary/aromatic N) is 4. The number of ether oxygens (including phenoxy) is 3. The van der Waals surface area contributed by atoms with E-state index < -0.39 is 5.60 Å². The second-order valence-corrected chi connectivity index (χ2v) is 8.88. The summed E-state index contributed by atoms with van der Waals surface area (Å²) in [6.07, 6.45) is 5.43. The van der Waals surface area contributed by atoms with Gasteiger partial charge in [-0.05, 0) is 48.2 Å². The molecule has 33 heavy (non-hydrogen) atoms. The van der Waals surface area contributed by atoms with Gasteiger partial charge >= 0.3 is 0 Å². The molecule has 2 aliphatic rings. The van der Waals surface area contributed by atoms with Crippen LogP contribution in [0.2, 0.25) is 0 Å². The van der Waals surface area contributed by atoms with Gasteiger partial charge in [-0.3, -0.25) is 9.38 Å². The first-order valence-electron chi connectivity index (χ1n) is 11.3. The van der Waals surface area contributed by atoms with Crippen molar-refractivity contribution in [2.75, 3.05) is 20.3 Å². The maximum absolute atomic E-state index is 14.5.